The van der Waals surface area contributed by atoms with Crippen molar-refractivity contribution in [2.45, 2.75) is 19.3 Å². The predicted octanol–water partition coefficient (Wildman–Crippen LogP) is 0.578. The molecule has 3 aliphatic rings. The maximum absolute atomic E-state index is 13.0. The molecule has 0 bridgehead atoms. The van der Waals surface area contributed by atoms with Gasteiger partial charge in [-0.25, -0.2) is 0 Å². The summed E-state index contributed by atoms with van der Waals surface area (Å²) in [7, 11) is 0. The largest absolute Gasteiger partial charge is 0.367 e. The lowest BCUT2D eigenvalue weighted by Gasteiger charge is -2.39. The van der Waals surface area contributed by atoms with Crippen LogP contribution in [0.2, 0.25) is 0 Å². The van der Waals surface area contributed by atoms with Gasteiger partial charge in [0.2, 0.25) is 11.8 Å². The molecule has 0 unspecified atom stereocenters. The number of pyridine rings is 1. The molecule has 4 heterocycles. The fourth-order valence-electron chi connectivity index (χ4n) is 4.50. The molecule has 0 saturated carbocycles. The Bertz CT molecular complexity index is 654. The molecule has 3 fully saturated rings. The quantitative estimate of drug-likeness (QED) is 0.842. The number of carbonyl (C=O) groups is 2. The van der Waals surface area contributed by atoms with Gasteiger partial charge in [-0.2, -0.15) is 0 Å². The van der Waals surface area contributed by atoms with Gasteiger partial charge in [0.1, 0.15) is 0 Å². The third-order valence-electron chi connectivity index (χ3n) is 6.07. The maximum Gasteiger partial charge on any atom is 0.227 e. The van der Waals surface area contributed by atoms with Crippen molar-refractivity contribution in [3.05, 3.63) is 24.5 Å². The number of nitrogens with one attached hydrogen (secondary N) is 1. The van der Waals surface area contributed by atoms with Crippen molar-refractivity contribution in [1.29, 1.82) is 0 Å². The molecule has 0 aliphatic carbocycles. The molecule has 7 nitrogen and oxygen atoms in total. The van der Waals surface area contributed by atoms with Gasteiger partial charge in [-0.1, -0.05) is 0 Å². The molecule has 146 valence electrons. The van der Waals surface area contributed by atoms with E-state index in [0.717, 1.165) is 57.8 Å². The minimum absolute atomic E-state index is 0.0533. The number of piperazine rings is 1. The molecule has 0 radical (unpaired) electrons. The second kappa shape index (κ2) is 8.25. The zero-order chi connectivity index (χ0) is 18.6. The Kier molecular flexibility index (Phi) is 5.57. The van der Waals surface area contributed by atoms with Gasteiger partial charge in [-0.15, -0.1) is 0 Å². The van der Waals surface area contributed by atoms with Crippen molar-refractivity contribution in [1.82, 2.24) is 20.1 Å². The van der Waals surface area contributed by atoms with Gasteiger partial charge in [0.05, 0.1) is 23.7 Å². The second-order valence-corrected chi connectivity index (χ2v) is 7.84. The Hall–Kier alpha value is -2.15. The van der Waals surface area contributed by atoms with Gasteiger partial charge in [0, 0.05) is 58.6 Å². The number of piperidine rings is 1. The summed E-state index contributed by atoms with van der Waals surface area (Å²) < 4.78 is 0. The van der Waals surface area contributed by atoms with Crippen molar-refractivity contribution >= 4 is 17.5 Å². The zero-order valence-electron chi connectivity index (χ0n) is 15.8. The highest BCUT2D eigenvalue weighted by Crippen LogP contribution is 2.24. The highest BCUT2D eigenvalue weighted by Gasteiger charge is 2.36. The molecule has 2 atom stereocenters. The standard InChI is InChI=1S/C20H29N5O2/c26-19(24-6-1-2-7-24)16-12-17(14-22-13-16)20(27)25-10-8-23(9-11-25)18-4-3-5-21-15-18/h3-5,15-17,22H,1-2,6-14H2/t16-,17+/m0/s1. The van der Waals surface area contributed by atoms with Crippen molar-refractivity contribution in [3.63, 3.8) is 0 Å². The SMILES string of the molecule is O=C([C@@H]1CNC[C@H](C(=O)N2CCN(c3cccnc3)CC2)C1)N1CCCC1. The van der Waals surface area contributed by atoms with Crippen LogP contribution >= 0.6 is 0 Å². The molecule has 27 heavy (non-hydrogen) atoms. The fraction of sp³-hybridized carbons (Fsp3) is 0.650. The molecule has 3 aliphatic heterocycles. The molecule has 1 aromatic rings. The van der Waals surface area contributed by atoms with Crippen molar-refractivity contribution in [3.8, 4) is 0 Å². The minimum atomic E-state index is -0.0831. The second-order valence-electron chi connectivity index (χ2n) is 7.84. The number of amides is 2. The third-order valence-corrected chi connectivity index (χ3v) is 6.07. The lowest BCUT2D eigenvalue weighted by Crippen LogP contribution is -2.54. The summed E-state index contributed by atoms with van der Waals surface area (Å²) in [5.74, 6) is 0.300. The molecular formula is C20H29N5O2. The van der Waals surface area contributed by atoms with Crippen molar-refractivity contribution in [2.24, 2.45) is 11.8 Å². The number of hydrogen-bond donors (Lipinski definition) is 1. The number of aromatic nitrogens is 1. The van der Waals surface area contributed by atoms with E-state index in [1.807, 2.05) is 22.1 Å². The van der Waals surface area contributed by atoms with E-state index in [-0.39, 0.29) is 23.7 Å². The monoisotopic (exact) mass is 371 g/mol. The smallest absolute Gasteiger partial charge is 0.227 e. The summed E-state index contributed by atoms with van der Waals surface area (Å²) in [6, 6.07) is 4.00. The van der Waals surface area contributed by atoms with E-state index in [1.165, 1.54) is 0 Å². The van der Waals surface area contributed by atoms with Crippen LogP contribution in [0.3, 0.4) is 0 Å². The Morgan fingerprint density at radius 3 is 2.15 bits per heavy atom. The lowest BCUT2D eigenvalue weighted by molar-refractivity contribution is -0.140. The van der Waals surface area contributed by atoms with Crippen LogP contribution in [-0.4, -0.2) is 79.0 Å². The van der Waals surface area contributed by atoms with Crippen LogP contribution < -0.4 is 10.2 Å². The number of hydrogen-bond acceptors (Lipinski definition) is 5. The Morgan fingerprint density at radius 1 is 0.926 bits per heavy atom. The summed E-state index contributed by atoms with van der Waals surface area (Å²) in [5.41, 5.74) is 1.11. The van der Waals surface area contributed by atoms with Gasteiger partial charge >= 0.3 is 0 Å². The lowest BCUT2D eigenvalue weighted by atomic mass is 9.88. The summed E-state index contributed by atoms with van der Waals surface area (Å²) in [6.45, 7) is 6.26. The molecule has 7 heteroatoms. The highest BCUT2D eigenvalue weighted by atomic mass is 16.2. The topological polar surface area (TPSA) is 68.8 Å². The first kappa shape index (κ1) is 18.2. The van der Waals surface area contributed by atoms with E-state index >= 15 is 0 Å². The van der Waals surface area contributed by atoms with Gasteiger partial charge in [0.25, 0.3) is 0 Å². The first-order valence-corrected chi connectivity index (χ1v) is 10.2. The van der Waals surface area contributed by atoms with Crippen LogP contribution in [0, 0.1) is 11.8 Å². The van der Waals surface area contributed by atoms with Gasteiger partial charge in [0.15, 0.2) is 0 Å². The number of nitrogens with zero attached hydrogens (tertiary/aromatic N) is 4. The number of likely N-dealkylation sites (tertiary alicyclic amines) is 1. The molecule has 1 N–H and O–H groups in total. The van der Waals surface area contributed by atoms with Gasteiger partial charge in [-0.3, -0.25) is 14.6 Å². The number of carbonyl (C=O) groups excluding carboxylic acids is 2. The van der Waals surface area contributed by atoms with Crippen LogP contribution in [0.15, 0.2) is 24.5 Å². The predicted molar refractivity (Wildman–Crippen MR) is 103 cm³/mol. The molecule has 3 saturated heterocycles. The summed E-state index contributed by atoms with van der Waals surface area (Å²) in [6.07, 6.45) is 6.55. The zero-order valence-corrected chi connectivity index (χ0v) is 15.8. The van der Waals surface area contributed by atoms with Gasteiger partial charge in [-0.05, 0) is 31.4 Å². The fourth-order valence-corrected chi connectivity index (χ4v) is 4.50. The van der Waals surface area contributed by atoms with Crippen LogP contribution in [0.5, 0.6) is 0 Å². The highest BCUT2D eigenvalue weighted by molar-refractivity contribution is 5.83. The first-order valence-electron chi connectivity index (χ1n) is 10.2. The Balaban J connectivity index is 1.31. The van der Waals surface area contributed by atoms with E-state index in [9.17, 15) is 9.59 Å². The average molecular weight is 371 g/mol. The minimum Gasteiger partial charge on any atom is -0.367 e. The van der Waals surface area contributed by atoms with E-state index in [4.69, 9.17) is 0 Å². The van der Waals surface area contributed by atoms with E-state index in [1.54, 1.807) is 6.20 Å². The van der Waals surface area contributed by atoms with E-state index in [0.29, 0.717) is 19.5 Å². The van der Waals surface area contributed by atoms with Crippen LogP contribution in [-0.2, 0) is 9.59 Å². The Morgan fingerprint density at radius 2 is 1.56 bits per heavy atom. The summed E-state index contributed by atoms with van der Waals surface area (Å²) in [5, 5.41) is 3.33. The van der Waals surface area contributed by atoms with Gasteiger partial charge < -0.3 is 20.0 Å². The van der Waals surface area contributed by atoms with Crippen molar-refractivity contribution in [2.75, 3.05) is 57.3 Å². The molecule has 0 aromatic carbocycles. The van der Waals surface area contributed by atoms with Crippen LogP contribution in [0.4, 0.5) is 5.69 Å². The van der Waals surface area contributed by atoms with E-state index < -0.39 is 0 Å². The number of anilines is 1. The third kappa shape index (κ3) is 4.08. The summed E-state index contributed by atoms with van der Waals surface area (Å²) in [4.78, 5) is 36.1. The van der Waals surface area contributed by atoms with Crippen LogP contribution in [0.1, 0.15) is 19.3 Å². The van der Waals surface area contributed by atoms with Crippen LogP contribution in [0.25, 0.3) is 0 Å². The number of rotatable bonds is 3. The molecule has 4 rings (SSSR count). The van der Waals surface area contributed by atoms with E-state index in [2.05, 4.69) is 21.3 Å². The molecule has 0 spiro atoms. The Labute approximate surface area is 160 Å². The maximum atomic E-state index is 13.0. The normalized spacial score (nSPS) is 26.3. The van der Waals surface area contributed by atoms with Crippen molar-refractivity contribution < 1.29 is 9.59 Å². The first-order chi connectivity index (χ1) is 13.2. The summed E-state index contributed by atoms with van der Waals surface area (Å²) >= 11 is 0. The molecular weight excluding hydrogens is 342 g/mol. The molecule has 2 amide bonds. The molecule has 1 aromatic heterocycles. The average Bonchev–Trinajstić information content (AvgIpc) is 3.28.